The van der Waals surface area contributed by atoms with Crippen LogP contribution in [0.2, 0.25) is 0 Å². The molecule has 0 spiro atoms. The van der Waals surface area contributed by atoms with E-state index in [0.29, 0.717) is 11.4 Å². The number of hydrogen-bond acceptors (Lipinski definition) is 4. The number of aryl methyl sites for hydroxylation is 1. The molecule has 2 N–H and O–H groups in total. The summed E-state index contributed by atoms with van der Waals surface area (Å²) in [6, 6.07) is 3.38. The van der Waals surface area contributed by atoms with Crippen molar-refractivity contribution in [3.8, 4) is 6.07 Å². The third kappa shape index (κ3) is 2.30. The van der Waals surface area contributed by atoms with Crippen molar-refractivity contribution in [2.45, 2.75) is 13.8 Å². The van der Waals surface area contributed by atoms with Gasteiger partial charge in [-0.2, -0.15) is 5.26 Å². The fourth-order valence-electron chi connectivity index (χ4n) is 1.37. The van der Waals surface area contributed by atoms with Crippen molar-refractivity contribution in [1.82, 2.24) is 10.5 Å². The van der Waals surface area contributed by atoms with E-state index in [4.69, 9.17) is 10.1 Å². The molecule has 0 bridgehead atoms. The molecule has 0 aliphatic heterocycles. The first-order valence-corrected chi connectivity index (χ1v) is 4.73. The van der Waals surface area contributed by atoms with E-state index in [9.17, 15) is 4.79 Å². The van der Waals surface area contributed by atoms with E-state index in [2.05, 4.69) is 10.5 Å². The standard InChI is InChI=1S/C11H13N3O2/c1-4-10(14-16-3)9-5-8(6-12)11(15)13-7(9)2/h4-5,14H,1-3H3,(H,13,15). The molecule has 0 atom stereocenters. The molecule has 16 heavy (non-hydrogen) atoms. The van der Waals surface area contributed by atoms with Gasteiger partial charge in [0.2, 0.25) is 0 Å². The van der Waals surface area contributed by atoms with E-state index in [1.807, 2.05) is 13.0 Å². The maximum atomic E-state index is 11.3. The van der Waals surface area contributed by atoms with Gasteiger partial charge in [0, 0.05) is 11.3 Å². The number of pyridine rings is 1. The third-order valence-electron chi connectivity index (χ3n) is 2.15. The predicted molar refractivity (Wildman–Crippen MR) is 60.3 cm³/mol. The van der Waals surface area contributed by atoms with Gasteiger partial charge in [0.05, 0.1) is 12.8 Å². The van der Waals surface area contributed by atoms with Crippen molar-refractivity contribution in [2.24, 2.45) is 0 Å². The fourth-order valence-corrected chi connectivity index (χ4v) is 1.37. The minimum Gasteiger partial charge on any atom is -0.325 e. The number of hydroxylamine groups is 1. The van der Waals surface area contributed by atoms with Crippen LogP contribution in [0.4, 0.5) is 0 Å². The molecule has 0 fully saturated rings. The lowest BCUT2D eigenvalue weighted by molar-refractivity contribution is 0.136. The van der Waals surface area contributed by atoms with Gasteiger partial charge in [0.25, 0.3) is 5.56 Å². The number of nitrogens with one attached hydrogen (secondary N) is 2. The van der Waals surface area contributed by atoms with Gasteiger partial charge in [-0.25, -0.2) is 0 Å². The average Bonchev–Trinajstić information content (AvgIpc) is 2.27. The van der Waals surface area contributed by atoms with E-state index in [-0.39, 0.29) is 11.1 Å². The Morgan fingerprint density at radius 1 is 1.69 bits per heavy atom. The monoisotopic (exact) mass is 219 g/mol. The Morgan fingerprint density at radius 2 is 2.38 bits per heavy atom. The van der Waals surface area contributed by atoms with Gasteiger partial charge in [-0.05, 0) is 19.9 Å². The minimum absolute atomic E-state index is 0.0813. The maximum Gasteiger partial charge on any atom is 0.266 e. The second kappa shape index (κ2) is 5.14. The maximum absolute atomic E-state index is 11.3. The number of rotatable bonds is 3. The van der Waals surface area contributed by atoms with Gasteiger partial charge in [-0.1, -0.05) is 6.08 Å². The van der Waals surface area contributed by atoms with Crippen molar-refractivity contribution in [3.05, 3.63) is 39.3 Å². The molecule has 1 aromatic rings. The molecule has 5 heteroatoms. The normalized spacial score (nSPS) is 11.0. The van der Waals surface area contributed by atoms with Crippen LogP contribution in [0.25, 0.3) is 5.70 Å². The molecule has 0 saturated heterocycles. The summed E-state index contributed by atoms with van der Waals surface area (Å²) in [6.07, 6.45) is 1.80. The summed E-state index contributed by atoms with van der Waals surface area (Å²) < 4.78 is 0. The number of nitrogens with zero attached hydrogens (tertiary/aromatic N) is 1. The molecule has 1 heterocycles. The summed E-state index contributed by atoms with van der Waals surface area (Å²) >= 11 is 0. The van der Waals surface area contributed by atoms with Gasteiger partial charge in [0.15, 0.2) is 0 Å². The van der Waals surface area contributed by atoms with Crippen molar-refractivity contribution in [3.63, 3.8) is 0 Å². The smallest absolute Gasteiger partial charge is 0.266 e. The first-order valence-electron chi connectivity index (χ1n) is 4.73. The Kier molecular flexibility index (Phi) is 3.86. The predicted octanol–water partition coefficient (Wildman–Crippen LogP) is 1.07. The molecule has 5 nitrogen and oxygen atoms in total. The van der Waals surface area contributed by atoms with Crippen molar-refractivity contribution in [1.29, 1.82) is 5.26 Å². The SMILES string of the molecule is CC=C(NOC)c1cc(C#N)c(=O)[nH]c1C. The zero-order valence-electron chi connectivity index (χ0n) is 9.42. The molecule has 0 aromatic carbocycles. The third-order valence-corrected chi connectivity index (χ3v) is 2.15. The molecule has 0 aliphatic rings. The van der Waals surface area contributed by atoms with Crippen molar-refractivity contribution >= 4 is 5.70 Å². The number of allylic oxidation sites excluding steroid dienone is 1. The Balaban J connectivity index is 3.34. The van der Waals surface area contributed by atoms with Gasteiger partial charge in [0.1, 0.15) is 11.6 Å². The van der Waals surface area contributed by atoms with Crippen LogP contribution < -0.4 is 11.0 Å². The van der Waals surface area contributed by atoms with Gasteiger partial charge >= 0.3 is 0 Å². The van der Waals surface area contributed by atoms with E-state index >= 15 is 0 Å². The van der Waals surface area contributed by atoms with Crippen LogP contribution in [-0.4, -0.2) is 12.1 Å². The molecule has 0 aliphatic carbocycles. The summed E-state index contributed by atoms with van der Waals surface area (Å²) in [6.45, 7) is 3.59. The van der Waals surface area contributed by atoms with Crippen molar-refractivity contribution in [2.75, 3.05) is 7.11 Å². The zero-order valence-corrected chi connectivity index (χ0v) is 9.42. The number of hydrogen-bond donors (Lipinski definition) is 2. The lowest BCUT2D eigenvalue weighted by Gasteiger charge is -2.11. The van der Waals surface area contributed by atoms with E-state index < -0.39 is 0 Å². The number of aromatic nitrogens is 1. The average molecular weight is 219 g/mol. The molecular formula is C11H13N3O2. The molecule has 0 amide bonds. The van der Waals surface area contributed by atoms with Gasteiger partial charge < -0.3 is 4.98 Å². The highest BCUT2D eigenvalue weighted by Crippen LogP contribution is 2.14. The molecule has 84 valence electrons. The lowest BCUT2D eigenvalue weighted by atomic mass is 10.1. The lowest BCUT2D eigenvalue weighted by Crippen LogP contribution is -2.17. The van der Waals surface area contributed by atoms with Crippen LogP contribution in [-0.2, 0) is 4.84 Å². The summed E-state index contributed by atoms with van der Waals surface area (Å²) in [7, 11) is 1.50. The van der Waals surface area contributed by atoms with Gasteiger partial charge in [-0.3, -0.25) is 15.1 Å². The van der Waals surface area contributed by atoms with Crippen LogP contribution in [0.15, 0.2) is 16.9 Å². The van der Waals surface area contributed by atoms with E-state index in [0.717, 1.165) is 5.56 Å². The second-order valence-corrected chi connectivity index (χ2v) is 3.17. The largest absolute Gasteiger partial charge is 0.325 e. The molecule has 1 aromatic heterocycles. The molecular weight excluding hydrogens is 206 g/mol. The summed E-state index contributed by atoms with van der Waals surface area (Å²) in [4.78, 5) is 18.8. The first-order chi connectivity index (χ1) is 7.63. The first kappa shape index (κ1) is 12.0. The Labute approximate surface area is 93.3 Å². The highest BCUT2D eigenvalue weighted by molar-refractivity contribution is 5.65. The minimum atomic E-state index is -0.378. The van der Waals surface area contributed by atoms with E-state index in [1.165, 1.54) is 13.2 Å². The van der Waals surface area contributed by atoms with Crippen LogP contribution in [0, 0.1) is 18.3 Å². The Morgan fingerprint density at radius 3 is 2.88 bits per heavy atom. The molecule has 0 saturated carbocycles. The summed E-state index contributed by atoms with van der Waals surface area (Å²) in [5, 5.41) is 8.78. The Hall–Kier alpha value is -2.06. The van der Waals surface area contributed by atoms with Crippen LogP contribution in [0.5, 0.6) is 0 Å². The Bertz CT molecular complexity index is 509. The van der Waals surface area contributed by atoms with Crippen LogP contribution in [0.3, 0.4) is 0 Å². The zero-order chi connectivity index (χ0) is 12.1. The highest BCUT2D eigenvalue weighted by Gasteiger charge is 2.08. The second-order valence-electron chi connectivity index (χ2n) is 3.17. The van der Waals surface area contributed by atoms with Gasteiger partial charge in [-0.15, -0.1) is 0 Å². The summed E-state index contributed by atoms with van der Waals surface area (Å²) in [5.41, 5.74) is 4.51. The number of nitriles is 1. The molecule has 0 unspecified atom stereocenters. The highest BCUT2D eigenvalue weighted by atomic mass is 16.6. The summed E-state index contributed by atoms with van der Waals surface area (Å²) in [5.74, 6) is 0. The molecule has 0 radical (unpaired) electrons. The van der Waals surface area contributed by atoms with Crippen LogP contribution >= 0.6 is 0 Å². The molecule has 1 rings (SSSR count). The number of H-pyrrole nitrogens is 1. The quantitative estimate of drug-likeness (QED) is 0.745. The topological polar surface area (TPSA) is 77.9 Å². The number of aromatic amines is 1. The fraction of sp³-hybridized carbons (Fsp3) is 0.273. The van der Waals surface area contributed by atoms with Crippen LogP contribution in [0.1, 0.15) is 23.7 Å². The van der Waals surface area contributed by atoms with E-state index in [1.54, 1.807) is 13.0 Å². The van der Waals surface area contributed by atoms with Crippen molar-refractivity contribution < 1.29 is 4.84 Å².